The summed E-state index contributed by atoms with van der Waals surface area (Å²) in [5.74, 6) is -1.29. The lowest BCUT2D eigenvalue weighted by Crippen LogP contribution is -2.41. The van der Waals surface area contributed by atoms with Gasteiger partial charge in [0.15, 0.2) is 0 Å². The fourth-order valence-electron chi connectivity index (χ4n) is 3.01. The number of halogens is 2. The second kappa shape index (κ2) is 7.18. The average molecular weight is 376 g/mol. The van der Waals surface area contributed by atoms with Crippen LogP contribution in [0.1, 0.15) is 23.2 Å². The predicted molar refractivity (Wildman–Crippen MR) is 90.1 cm³/mol. The Morgan fingerprint density at radius 2 is 2.00 bits per heavy atom. The molecule has 1 aromatic rings. The van der Waals surface area contributed by atoms with Gasteiger partial charge in [-0.05, 0) is 43.2 Å². The van der Waals surface area contributed by atoms with Crippen LogP contribution in [0, 0.1) is 5.82 Å². The number of sulfonamides is 1. The summed E-state index contributed by atoms with van der Waals surface area (Å²) in [4.78, 5) is 13.8. The summed E-state index contributed by atoms with van der Waals surface area (Å²) in [6.45, 7) is 2.79. The molecule has 3 N–H and O–H groups in total. The van der Waals surface area contributed by atoms with Gasteiger partial charge < -0.3 is 10.2 Å². The second-order valence-electron chi connectivity index (χ2n) is 5.80. The molecule has 3 rings (SSSR count). The first-order valence-corrected chi connectivity index (χ1v) is 8.93. The fraction of sp³-hybridized carbons (Fsp3) is 0.400. The van der Waals surface area contributed by atoms with Crippen molar-refractivity contribution in [2.75, 3.05) is 26.2 Å². The van der Waals surface area contributed by atoms with E-state index in [0.717, 1.165) is 38.1 Å². The highest BCUT2D eigenvalue weighted by Gasteiger charge is 2.26. The first-order chi connectivity index (χ1) is 10.9. The van der Waals surface area contributed by atoms with Gasteiger partial charge in [0, 0.05) is 19.6 Å². The maximum absolute atomic E-state index is 14.1. The molecule has 0 saturated carbocycles. The number of hydrogen-bond donors (Lipinski definition) is 2. The molecule has 0 spiro atoms. The Labute approximate surface area is 146 Å². The van der Waals surface area contributed by atoms with Crippen molar-refractivity contribution in [3.05, 3.63) is 40.7 Å². The van der Waals surface area contributed by atoms with Crippen molar-refractivity contribution in [3.63, 3.8) is 0 Å². The zero-order valence-electron chi connectivity index (χ0n) is 12.9. The minimum Gasteiger partial charge on any atom is -0.334 e. The molecule has 0 bridgehead atoms. The molecule has 9 heteroatoms. The van der Waals surface area contributed by atoms with E-state index in [0.29, 0.717) is 13.1 Å². The van der Waals surface area contributed by atoms with Gasteiger partial charge in [0.1, 0.15) is 5.82 Å². The summed E-state index contributed by atoms with van der Waals surface area (Å²) >= 11 is 0. The van der Waals surface area contributed by atoms with Gasteiger partial charge in [-0.2, -0.15) is 0 Å². The third-order valence-corrected chi connectivity index (χ3v) is 5.20. The number of hydrogen-bond acceptors (Lipinski definition) is 4. The third kappa shape index (κ3) is 3.77. The Balaban J connectivity index is 0.00000208. The van der Waals surface area contributed by atoms with E-state index >= 15 is 0 Å². The number of carbonyl (C=O) groups excluding carboxylic acids is 1. The molecule has 24 heavy (non-hydrogen) atoms. The minimum absolute atomic E-state index is 0. The van der Waals surface area contributed by atoms with E-state index in [1.54, 1.807) is 4.90 Å². The molecule has 0 radical (unpaired) electrons. The lowest BCUT2D eigenvalue weighted by Gasteiger charge is -2.33. The molecule has 0 atom stereocenters. The molecule has 1 amide bonds. The second-order valence-corrected chi connectivity index (χ2v) is 7.36. The van der Waals surface area contributed by atoms with Gasteiger partial charge in [-0.15, -0.1) is 12.4 Å². The summed E-state index contributed by atoms with van der Waals surface area (Å²) in [7, 11) is -3.99. The van der Waals surface area contributed by atoms with Crippen LogP contribution < -0.4 is 10.5 Å². The molecule has 132 valence electrons. The zero-order valence-corrected chi connectivity index (χ0v) is 14.6. The van der Waals surface area contributed by atoms with Crippen LogP contribution in [-0.2, 0) is 10.0 Å². The van der Waals surface area contributed by atoms with Crippen LogP contribution in [0.25, 0.3) is 0 Å². The van der Waals surface area contributed by atoms with Crippen molar-refractivity contribution < 1.29 is 17.6 Å². The number of carbonyl (C=O) groups is 1. The molecule has 0 aliphatic carbocycles. The number of nitrogens with one attached hydrogen (secondary N) is 1. The number of benzene rings is 1. The first-order valence-electron chi connectivity index (χ1n) is 7.38. The summed E-state index contributed by atoms with van der Waals surface area (Å²) in [5, 5.41) is 8.27. The molecule has 1 aromatic carbocycles. The van der Waals surface area contributed by atoms with Crippen LogP contribution in [-0.4, -0.2) is 45.4 Å². The standard InChI is InChI=1S/C15H18FN3O3S.ClH/c16-14-7-12(23(17,21)22)1-2-13(14)15(20)19-6-4-10-8-18-5-3-11(10)9-19;/h1-2,7,18H,3-6,8-9H2,(H2,17,21,22);1H. The van der Waals surface area contributed by atoms with Crippen LogP contribution >= 0.6 is 12.4 Å². The van der Waals surface area contributed by atoms with E-state index in [4.69, 9.17) is 5.14 Å². The Kier molecular flexibility index (Phi) is 5.64. The molecular formula is C15H19ClFN3O3S. The zero-order chi connectivity index (χ0) is 16.6. The molecule has 2 heterocycles. The fourth-order valence-corrected chi connectivity index (χ4v) is 3.53. The molecule has 0 aromatic heterocycles. The summed E-state index contributed by atoms with van der Waals surface area (Å²) < 4.78 is 36.6. The van der Waals surface area contributed by atoms with Crippen molar-refractivity contribution in [2.45, 2.75) is 17.7 Å². The van der Waals surface area contributed by atoms with Crippen LogP contribution in [0.3, 0.4) is 0 Å². The number of amides is 1. The van der Waals surface area contributed by atoms with Gasteiger partial charge >= 0.3 is 0 Å². The van der Waals surface area contributed by atoms with Crippen molar-refractivity contribution in [1.82, 2.24) is 10.2 Å². The van der Waals surface area contributed by atoms with Crippen molar-refractivity contribution in [3.8, 4) is 0 Å². The van der Waals surface area contributed by atoms with Gasteiger partial charge in [0.05, 0.1) is 10.5 Å². The molecule has 2 aliphatic rings. The quantitative estimate of drug-likeness (QED) is 0.755. The lowest BCUT2D eigenvalue weighted by molar-refractivity contribution is 0.0755. The highest BCUT2D eigenvalue weighted by molar-refractivity contribution is 7.89. The maximum atomic E-state index is 14.1. The van der Waals surface area contributed by atoms with Gasteiger partial charge in [-0.1, -0.05) is 5.57 Å². The lowest BCUT2D eigenvalue weighted by atomic mass is 9.94. The molecule has 0 unspecified atom stereocenters. The summed E-state index contributed by atoms with van der Waals surface area (Å²) in [6, 6.07) is 3.14. The third-order valence-electron chi connectivity index (χ3n) is 4.29. The summed E-state index contributed by atoms with van der Waals surface area (Å²) in [5.41, 5.74) is 2.45. The molecule has 0 saturated heterocycles. The van der Waals surface area contributed by atoms with E-state index < -0.39 is 21.7 Å². The Hall–Kier alpha value is -1.48. The minimum atomic E-state index is -3.99. The van der Waals surface area contributed by atoms with Crippen LogP contribution in [0.15, 0.2) is 34.2 Å². The van der Waals surface area contributed by atoms with E-state index in [-0.39, 0.29) is 22.9 Å². The Morgan fingerprint density at radius 3 is 2.67 bits per heavy atom. The number of nitrogens with zero attached hydrogens (tertiary/aromatic N) is 1. The molecule has 0 fully saturated rings. The smallest absolute Gasteiger partial charge is 0.257 e. The average Bonchev–Trinajstić information content (AvgIpc) is 2.53. The number of primary sulfonamides is 1. The highest BCUT2D eigenvalue weighted by atomic mass is 35.5. The topological polar surface area (TPSA) is 92.5 Å². The van der Waals surface area contributed by atoms with Crippen LogP contribution in [0.4, 0.5) is 4.39 Å². The van der Waals surface area contributed by atoms with Crippen molar-refractivity contribution >= 4 is 28.3 Å². The Bertz CT molecular complexity index is 795. The largest absolute Gasteiger partial charge is 0.334 e. The van der Waals surface area contributed by atoms with E-state index in [9.17, 15) is 17.6 Å². The predicted octanol–water partition coefficient (Wildman–Crippen LogP) is 1.03. The summed E-state index contributed by atoms with van der Waals surface area (Å²) in [6.07, 6.45) is 1.68. The van der Waals surface area contributed by atoms with E-state index in [1.165, 1.54) is 17.2 Å². The molecule has 6 nitrogen and oxygen atoms in total. The van der Waals surface area contributed by atoms with Gasteiger partial charge in [0.2, 0.25) is 10.0 Å². The van der Waals surface area contributed by atoms with Gasteiger partial charge in [0.25, 0.3) is 5.91 Å². The molecule has 2 aliphatic heterocycles. The van der Waals surface area contributed by atoms with E-state index in [1.807, 2.05) is 0 Å². The number of nitrogens with two attached hydrogens (primary N) is 1. The van der Waals surface area contributed by atoms with Gasteiger partial charge in [-0.3, -0.25) is 4.79 Å². The Morgan fingerprint density at radius 1 is 1.25 bits per heavy atom. The van der Waals surface area contributed by atoms with Crippen LogP contribution in [0.5, 0.6) is 0 Å². The SMILES string of the molecule is Cl.NS(=O)(=O)c1ccc(C(=O)N2CCC3=C(CCNC3)C2)c(F)c1. The monoisotopic (exact) mass is 375 g/mol. The van der Waals surface area contributed by atoms with E-state index in [2.05, 4.69) is 5.32 Å². The van der Waals surface area contributed by atoms with Crippen LogP contribution in [0.2, 0.25) is 0 Å². The molecular weight excluding hydrogens is 357 g/mol. The number of rotatable bonds is 2. The normalized spacial score (nSPS) is 18.0. The maximum Gasteiger partial charge on any atom is 0.257 e. The highest BCUT2D eigenvalue weighted by Crippen LogP contribution is 2.24. The first kappa shape index (κ1) is 18.9. The van der Waals surface area contributed by atoms with Crippen molar-refractivity contribution in [1.29, 1.82) is 0 Å². The van der Waals surface area contributed by atoms with Crippen molar-refractivity contribution in [2.24, 2.45) is 5.14 Å². The van der Waals surface area contributed by atoms with Gasteiger partial charge in [-0.25, -0.2) is 17.9 Å².